The first-order chi connectivity index (χ1) is 8.99. The first-order valence-corrected chi connectivity index (χ1v) is 6.72. The number of hydrogen-bond donors (Lipinski definition) is 0. The minimum atomic E-state index is 0.0715. The second kappa shape index (κ2) is 5.43. The summed E-state index contributed by atoms with van der Waals surface area (Å²) < 4.78 is 1.77. The average molecular weight is 255 g/mol. The van der Waals surface area contributed by atoms with Crippen molar-refractivity contribution < 1.29 is 0 Å². The van der Waals surface area contributed by atoms with Crippen LogP contribution in [0.2, 0.25) is 0 Å². The molecule has 0 N–H and O–H groups in total. The smallest absolute Gasteiger partial charge is 0.250 e. The normalized spacial score (nSPS) is 11.5. The third-order valence-corrected chi connectivity index (χ3v) is 3.71. The van der Waals surface area contributed by atoms with E-state index in [-0.39, 0.29) is 11.0 Å². The Kier molecular flexibility index (Phi) is 3.89. The second-order valence-corrected chi connectivity index (χ2v) is 5.73. The van der Waals surface area contributed by atoms with Gasteiger partial charge in [0.25, 0.3) is 0 Å². The molecule has 0 fully saturated rings. The number of rotatable bonds is 4. The molecule has 1 aromatic carbocycles. The van der Waals surface area contributed by atoms with Gasteiger partial charge in [-0.2, -0.15) is 0 Å². The fourth-order valence-electron chi connectivity index (χ4n) is 2.19. The zero-order chi connectivity index (χ0) is 13.9. The van der Waals surface area contributed by atoms with Gasteiger partial charge in [-0.1, -0.05) is 49.7 Å². The van der Waals surface area contributed by atoms with E-state index in [1.165, 1.54) is 11.1 Å². The fourth-order valence-corrected chi connectivity index (χ4v) is 2.19. The minimum absolute atomic E-state index is 0.0715. The summed E-state index contributed by atoms with van der Waals surface area (Å²) in [4.78, 5) is 11.7. The van der Waals surface area contributed by atoms with Gasteiger partial charge in [-0.25, -0.2) is 0 Å². The molecule has 2 aromatic rings. The van der Waals surface area contributed by atoms with Gasteiger partial charge in [-0.05, 0) is 30.4 Å². The number of benzene rings is 1. The topological polar surface area (TPSA) is 22.0 Å². The molecule has 0 radical (unpaired) electrons. The van der Waals surface area contributed by atoms with Crippen LogP contribution < -0.4 is 5.56 Å². The lowest BCUT2D eigenvalue weighted by atomic mass is 9.81. The van der Waals surface area contributed by atoms with E-state index in [0.717, 1.165) is 13.0 Å². The van der Waals surface area contributed by atoms with Crippen molar-refractivity contribution in [3.63, 3.8) is 0 Å². The molecule has 0 unspecified atom stereocenters. The zero-order valence-electron chi connectivity index (χ0n) is 11.9. The molecule has 0 aliphatic carbocycles. The molecular weight excluding hydrogens is 234 g/mol. The van der Waals surface area contributed by atoms with Crippen LogP contribution in [0.3, 0.4) is 0 Å². The minimum Gasteiger partial charge on any atom is -0.316 e. The van der Waals surface area contributed by atoms with E-state index in [2.05, 4.69) is 45.0 Å². The molecule has 1 heterocycles. The van der Waals surface area contributed by atoms with Gasteiger partial charge in [0.2, 0.25) is 5.56 Å². The van der Waals surface area contributed by atoms with Gasteiger partial charge in [0, 0.05) is 18.8 Å². The van der Waals surface area contributed by atoms with Gasteiger partial charge in [0.05, 0.1) is 0 Å². The molecule has 2 nitrogen and oxygen atoms in total. The number of aryl methyl sites for hydroxylation is 2. The molecule has 0 saturated carbocycles. The predicted molar refractivity (Wildman–Crippen MR) is 79.5 cm³/mol. The molecule has 0 aliphatic heterocycles. The van der Waals surface area contributed by atoms with Crippen molar-refractivity contribution in [2.45, 2.75) is 39.2 Å². The maximum Gasteiger partial charge on any atom is 0.250 e. The van der Waals surface area contributed by atoms with E-state index in [4.69, 9.17) is 0 Å². The van der Waals surface area contributed by atoms with Crippen molar-refractivity contribution in [3.8, 4) is 0 Å². The third kappa shape index (κ3) is 3.34. The van der Waals surface area contributed by atoms with Gasteiger partial charge >= 0.3 is 0 Å². The number of nitrogens with zero attached hydrogens (tertiary/aromatic N) is 1. The van der Waals surface area contributed by atoms with Crippen LogP contribution in [0.5, 0.6) is 0 Å². The molecule has 0 aliphatic rings. The summed E-state index contributed by atoms with van der Waals surface area (Å²) in [5.41, 5.74) is 2.74. The van der Waals surface area contributed by atoms with E-state index >= 15 is 0 Å². The Bertz CT molecular complexity index is 593. The van der Waals surface area contributed by atoms with Crippen molar-refractivity contribution in [2.75, 3.05) is 0 Å². The lowest BCUT2D eigenvalue weighted by Gasteiger charge is -2.25. The van der Waals surface area contributed by atoms with Crippen LogP contribution in [0.25, 0.3) is 0 Å². The van der Waals surface area contributed by atoms with Crippen molar-refractivity contribution >= 4 is 0 Å². The van der Waals surface area contributed by atoms with Crippen molar-refractivity contribution in [2.24, 2.45) is 0 Å². The first kappa shape index (κ1) is 13.6. The predicted octanol–water partition coefficient (Wildman–Crippen LogP) is 3.52. The Morgan fingerprint density at radius 3 is 2.37 bits per heavy atom. The summed E-state index contributed by atoms with van der Waals surface area (Å²) in [5, 5.41) is 0. The van der Waals surface area contributed by atoms with Crippen LogP contribution in [0.4, 0.5) is 0 Å². The quantitative estimate of drug-likeness (QED) is 0.819. The summed E-state index contributed by atoms with van der Waals surface area (Å²) in [6.45, 7) is 7.30. The summed E-state index contributed by atoms with van der Waals surface area (Å²) in [7, 11) is 0. The second-order valence-electron chi connectivity index (χ2n) is 5.73. The lowest BCUT2D eigenvalue weighted by Crippen LogP contribution is -2.24. The van der Waals surface area contributed by atoms with Crippen LogP contribution in [-0.2, 0) is 12.0 Å². The Labute approximate surface area is 114 Å². The maximum absolute atomic E-state index is 11.7. The average Bonchev–Trinajstić information content (AvgIpc) is 2.38. The summed E-state index contributed by atoms with van der Waals surface area (Å²) in [6, 6.07) is 14.0. The highest BCUT2D eigenvalue weighted by molar-refractivity contribution is 5.27. The maximum atomic E-state index is 11.7. The van der Waals surface area contributed by atoms with Gasteiger partial charge in [0.15, 0.2) is 0 Å². The van der Waals surface area contributed by atoms with E-state index in [1.54, 1.807) is 16.7 Å². The molecule has 2 rings (SSSR count). The van der Waals surface area contributed by atoms with Crippen molar-refractivity contribution in [1.29, 1.82) is 0 Å². The molecule has 1 aromatic heterocycles. The number of aromatic nitrogens is 1. The summed E-state index contributed by atoms with van der Waals surface area (Å²) in [6.07, 6.45) is 2.80. The Balaban J connectivity index is 2.11. The van der Waals surface area contributed by atoms with E-state index < -0.39 is 0 Å². The summed E-state index contributed by atoms with van der Waals surface area (Å²) >= 11 is 0. The Morgan fingerprint density at radius 1 is 1.05 bits per heavy atom. The van der Waals surface area contributed by atoms with Crippen LogP contribution in [0.15, 0.2) is 53.5 Å². The standard InChI is InChI=1S/C17H21NO/c1-14-7-9-15(10-8-14)17(2,3)11-13-18-12-5-4-6-16(18)19/h4-10,12H,11,13H2,1-3H3. The molecular formula is C17H21NO. The van der Waals surface area contributed by atoms with E-state index in [1.807, 2.05) is 12.3 Å². The SMILES string of the molecule is Cc1ccc(C(C)(C)CCn2ccccc2=O)cc1. The van der Waals surface area contributed by atoms with Crippen molar-refractivity contribution in [1.82, 2.24) is 4.57 Å². The highest BCUT2D eigenvalue weighted by Crippen LogP contribution is 2.27. The molecule has 0 saturated heterocycles. The fraction of sp³-hybridized carbons (Fsp3) is 0.353. The number of pyridine rings is 1. The molecule has 0 spiro atoms. The molecule has 2 heteroatoms. The summed E-state index contributed by atoms with van der Waals surface area (Å²) in [5.74, 6) is 0. The van der Waals surface area contributed by atoms with E-state index in [0.29, 0.717) is 0 Å². The first-order valence-electron chi connectivity index (χ1n) is 6.72. The monoisotopic (exact) mass is 255 g/mol. The molecule has 0 amide bonds. The van der Waals surface area contributed by atoms with Gasteiger partial charge in [-0.3, -0.25) is 4.79 Å². The van der Waals surface area contributed by atoms with Gasteiger partial charge in [-0.15, -0.1) is 0 Å². The third-order valence-electron chi connectivity index (χ3n) is 3.71. The Morgan fingerprint density at radius 2 is 1.74 bits per heavy atom. The van der Waals surface area contributed by atoms with Crippen molar-refractivity contribution in [3.05, 3.63) is 70.1 Å². The van der Waals surface area contributed by atoms with Crippen LogP contribution in [0, 0.1) is 6.92 Å². The molecule has 0 bridgehead atoms. The molecule has 100 valence electrons. The number of hydrogen-bond acceptors (Lipinski definition) is 1. The van der Waals surface area contributed by atoms with Gasteiger partial charge in [0.1, 0.15) is 0 Å². The largest absolute Gasteiger partial charge is 0.316 e. The van der Waals surface area contributed by atoms with Crippen LogP contribution in [0.1, 0.15) is 31.4 Å². The highest BCUT2D eigenvalue weighted by Gasteiger charge is 2.20. The molecule has 19 heavy (non-hydrogen) atoms. The lowest BCUT2D eigenvalue weighted by molar-refractivity contribution is 0.433. The Hall–Kier alpha value is -1.83. The van der Waals surface area contributed by atoms with Crippen LogP contribution >= 0.6 is 0 Å². The zero-order valence-corrected chi connectivity index (χ0v) is 11.9. The van der Waals surface area contributed by atoms with Crippen LogP contribution in [-0.4, -0.2) is 4.57 Å². The van der Waals surface area contributed by atoms with E-state index in [9.17, 15) is 4.79 Å². The highest BCUT2D eigenvalue weighted by atomic mass is 16.1. The molecule has 0 atom stereocenters. The van der Waals surface area contributed by atoms with Gasteiger partial charge < -0.3 is 4.57 Å².